The topological polar surface area (TPSA) is 76.0 Å². The number of fused-ring (bicyclic) bond motifs is 1. The standard InChI is InChI=1S/C18H11Cl2N5O/c19-12-7-11(8-13(20)9-12)17-24-16(14-3-1-2-6-25(14)17)18(26)23-15-4-5-21-10-22-15/h1-10H,(H,21,22,23,26)/p+2. The van der Waals surface area contributed by atoms with Gasteiger partial charge in [0.25, 0.3) is 18.0 Å². The molecule has 0 unspecified atom stereocenters. The summed E-state index contributed by atoms with van der Waals surface area (Å²) in [6.07, 6.45) is 5.04. The van der Waals surface area contributed by atoms with Gasteiger partial charge in [-0.2, -0.15) is 4.40 Å². The summed E-state index contributed by atoms with van der Waals surface area (Å²) >= 11 is 12.3. The summed E-state index contributed by atoms with van der Waals surface area (Å²) in [5, 5.41) is 3.80. The fourth-order valence-electron chi connectivity index (χ4n) is 2.73. The maximum absolute atomic E-state index is 12.7. The smallest absolute Gasteiger partial charge is 0.282 e. The van der Waals surface area contributed by atoms with Gasteiger partial charge in [-0.25, -0.2) is 4.98 Å². The highest BCUT2D eigenvalue weighted by molar-refractivity contribution is 6.35. The third kappa shape index (κ3) is 3.12. The number of aromatic nitrogens is 4. The molecule has 4 aromatic rings. The number of carbonyl (C=O) groups excluding carboxylic acids is 1. The Balaban J connectivity index is 1.83. The summed E-state index contributed by atoms with van der Waals surface area (Å²) in [6, 6.07) is 12.5. The first kappa shape index (κ1) is 16.5. The summed E-state index contributed by atoms with van der Waals surface area (Å²) in [7, 11) is 0. The first-order chi connectivity index (χ1) is 12.6. The first-order valence-corrected chi connectivity index (χ1v) is 8.50. The van der Waals surface area contributed by atoms with Crippen LogP contribution in [0.1, 0.15) is 10.5 Å². The molecule has 0 aliphatic carbocycles. The Kier molecular flexibility index (Phi) is 4.28. The number of imidazole rings is 1. The molecule has 26 heavy (non-hydrogen) atoms. The number of pyridine rings is 1. The minimum atomic E-state index is -0.299. The molecule has 0 aliphatic rings. The molecule has 0 radical (unpaired) electrons. The first-order valence-electron chi connectivity index (χ1n) is 7.74. The molecule has 3 N–H and O–H groups in total. The molecule has 0 aliphatic heterocycles. The van der Waals surface area contributed by atoms with E-state index in [0.29, 0.717) is 27.4 Å². The second-order valence-electron chi connectivity index (χ2n) is 5.56. The summed E-state index contributed by atoms with van der Waals surface area (Å²) in [5.74, 6) is 0.848. The van der Waals surface area contributed by atoms with Crippen LogP contribution in [0.15, 0.2) is 61.2 Å². The van der Waals surface area contributed by atoms with E-state index in [1.807, 2.05) is 28.8 Å². The van der Waals surface area contributed by atoms with Crippen molar-refractivity contribution in [3.63, 3.8) is 0 Å². The molecule has 0 saturated heterocycles. The number of hydrogen-bond donors (Lipinski definition) is 2. The third-order valence-corrected chi connectivity index (χ3v) is 4.26. The van der Waals surface area contributed by atoms with Crippen LogP contribution >= 0.6 is 23.2 Å². The van der Waals surface area contributed by atoms with E-state index < -0.39 is 0 Å². The van der Waals surface area contributed by atoms with Gasteiger partial charge in [0.15, 0.2) is 5.52 Å². The second-order valence-corrected chi connectivity index (χ2v) is 6.43. The lowest BCUT2D eigenvalue weighted by atomic mass is 10.2. The monoisotopic (exact) mass is 385 g/mol. The molecule has 8 heteroatoms. The van der Waals surface area contributed by atoms with Gasteiger partial charge in [0.2, 0.25) is 5.69 Å². The van der Waals surface area contributed by atoms with Crippen molar-refractivity contribution in [2.45, 2.75) is 0 Å². The molecule has 0 bridgehead atoms. The van der Waals surface area contributed by atoms with Crippen molar-refractivity contribution >= 4 is 40.4 Å². The number of H-pyrrole nitrogens is 2. The Morgan fingerprint density at radius 1 is 1.15 bits per heavy atom. The quantitative estimate of drug-likeness (QED) is 0.531. The molecular formula is C18H13Cl2N5O+2. The van der Waals surface area contributed by atoms with Crippen molar-refractivity contribution in [3.05, 3.63) is 76.9 Å². The van der Waals surface area contributed by atoms with E-state index in [9.17, 15) is 4.79 Å². The predicted octanol–water partition coefficient (Wildman–Crippen LogP) is 3.19. The van der Waals surface area contributed by atoms with Crippen molar-refractivity contribution in [1.82, 2.24) is 9.97 Å². The SMILES string of the molecule is O=C(Nc1cc[nH+]cn1)c1[nH]c(-c2cc(Cl)cc(Cl)c2)[n+]2ccccc12. The number of carbonyl (C=O) groups is 1. The van der Waals surface area contributed by atoms with Crippen LogP contribution in [0.4, 0.5) is 5.82 Å². The highest BCUT2D eigenvalue weighted by atomic mass is 35.5. The van der Waals surface area contributed by atoms with Crippen LogP contribution in [0, 0.1) is 0 Å². The minimum absolute atomic E-state index is 0.299. The van der Waals surface area contributed by atoms with Crippen molar-refractivity contribution < 1.29 is 14.2 Å². The van der Waals surface area contributed by atoms with E-state index in [4.69, 9.17) is 23.2 Å². The number of aromatic amines is 2. The maximum Gasteiger partial charge on any atom is 0.302 e. The van der Waals surface area contributed by atoms with E-state index in [-0.39, 0.29) is 5.91 Å². The van der Waals surface area contributed by atoms with Gasteiger partial charge in [-0.3, -0.25) is 15.1 Å². The van der Waals surface area contributed by atoms with E-state index in [1.165, 1.54) is 6.33 Å². The fraction of sp³-hybridized carbons (Fsp3) is 0. The second kappa shape index (κ2) is 6.74. The lowest BCUT2D eigenvalue weighted by Crippen LogP contribution is -2.22. The minimum Gasteiger partial charge on any atom is -0.282 e. The number of amides is 1. The third-order valence-electron chi connectivity index (χ3n) is 3.82. The lowest BCUT2D eigenvalue weighted by Gasteiger charge is -1.97. The van der Waals surface area contributed by atoms with Gasteiger partial charge in [-0.15, -0.1) is 0 Å². The summed E-state index contributed by atoms with van der Waals surface area (Å²) in [4.78, 5) is 22.8. The molecular weight excluding hydrogens is 373 g/mol. The number of hydrogen-bond acceptors (Lipinski definition) is 2. The van der Waals surface area contributed by atoms with E-state index in [2.05, 4.69) is 20.3 Å². The molecule has 128 valence electrons. The summed E-state index contributed by atoms with van der Waals surface area (Å²) in [5.41, 5.74) is 1.90. The highest BCUT2D eigenvalue weighted by Crippen LogP contribution is 2.26. The molecule has 0 saturated carbocycles. The summed E-state index contributed by atoms with van der Waals surface area (Å²) < 4.78 is 1.88. The van der Waals surface area contributed by atoms with Crippen LogP contribution in [0.25, 0.3) is 16.9 Å². The molecule has 0 spiro atoms. The number of nitrogens with zero attached hydrogens (tertiary/aromatic N) is 2. The predicted molar refractivity (Wildman–Crippen MR) is 98.2 cm³/mol. The summed E-state index contributed by atoms with van der Waals surface area (Å²) in [6.45, 7) is 0. The van der Waals surface area contributed by atoms with Gasteiger partial charge in [0, 0.05) is 16.1 Å². The largest absolute Gasteiger partial charge is 0.302 e. The normalized spacial score (nSPS) is 10.8. The Morgan fingerprint density at radius 2 is 1.96 bits per heavy atom. The van der Waals surface area contributed by atoms with Crippen molar-refractivity contribution in [1.29, 1.82) is 0 Å². The van der Waals surface area contributed by atoms with Gasteiger partial charge >= 0.3 is 5.91 Å². The molecule has 6 nitrogen and oxygen atoms in total. The number of halogens is 2. The van der Waals surface area contributed by atoms with Gasteiger partial charge in [-0.05, 0) is 35.3 Å². The van der Waals surface area contributed by atoms with Crippen LogP contribution in [0.3, 0.4) is 0 Å². The Bertz CT molecular complexity index is 1090. The van der Waals surface area contributed by atoms with Crippen LogP contribution in [0.2, 0.25) is 10.0 Å². The Labute approximate surface area is 158 Å². The van der Waals surface area contributed by atoms with Crippen molar-refractivity contribution in [2.24, 2.45) is 0 Å². The zero-order chi connectivity index (χ0) is 18.1. The van der Waals surface area contributed by atoms with Gasteiger partial charge in [-0.1, -0.05) is 29.3 Å². The maximum atomic E-state index is 12.7. The van der Waals surface area contributed by atoms with Gasteiger partial charge < -0.3 is 0 Å². The molecule has 0 fully saturated rings. The van der Waals surface area contributed by atoms with Crippen LogP contribution in [-0.2, 0) is 0 Å². The average Bonchev–Trinajstić information content (AvgIpc) is 3.02. The Morgan fingerprint density at radius 3 is 2.69 bits per heavy atom. The zero-order valence-corrected chi connectivity index (χ0v) is 14.8. The average molecular weight is 386 g/mol. The van der Waals surface area contributed by atoms with Crippen molar-refractivity contribution in [2.75, 3.05) is 5.32 Å². The van der Waals surface area contributed by atoms with Crippen LogP contribution < -0.4 is 14.7 Å². The van der Waals surface area contributed by atoms with E-state index in [1.54, 1.807) is 30.5 Å². The fourth-order valence-corrected chi connectivity index (χ4v) is 3.26. The van der Waals surface area contributed by atoms with Gasteiger partial charge in [0.1, 0.15) is 0 Å². The zero-order valence-electron chi connectivity index (χ0n) is 13.3. The molecule has 0 atom stereocenters. The van der Waals surface area contributed by atoms with Crippen LogP contribution in [-0.4, -0.2) is 15.9 Å². The molecule has 4 rings (SSSR count). The molecule has 1 amide bonds. The number of anilines is 1. The number of nitrogens with one attached hydrogen (secondary N) is 3. The van der Waals surface area contributed by atoms with E-state index in [0.717, 1.165) is 11.1 Å². The van der Waals surface area contributed by atoms with E-state index >= 15 is 0 Å². The molecule has 1 aromatic carbocycles. The number of benzene rings is 1. The lowest BCUT2D eigenvalue weighted by molar-refractivity contribution is -0.498. The number of rotatable bonds is 3. The van der Waals surface area contributed by atoms with Crippen LogP contribution in [0.5, 0.6) is 0 Å². The van der Waals surface area contributed by atoms with Crippen molar-refractivity contribution in [3.8, 4) is 11.4 Å². The molecule has 3 aromatic heterocycles. The highest BCUT2D eigenvalue weighted by Gasteiger charge is 2.26. The van der Waals surface area contributed by atoms with Gasteiger partial charge in [0.05, 0.1) is 18.0 Å². The Hall–Kier alpha value is -2.96. The molecule has 3 heterocycles.